The summed E-state index contributed by atoms with van der Waals surface area (Å²) >= 11 is 0. The summed E-state index contributed by atoms with van der Waals surface area (Å²) in [6.07, 6.45) is 2.12. The first kappa shape index (κ1) is 27.5. The number of aryl methyl sites for hydroxylation is 1. The Morgan fingerprint density at radius 2 is 1.54 bits per heavy atom. The minimum Gasteiger partial charge on any atom is -0.379 e. The van der Waals surface area contributed by atoms with Crippen molar-refractivity contribution in [3.05, 3.63) is 101 Å². The van der Waals surface area contributed by atoms with Crippen LogP contribution in [0.2, 0.25) is 0 Å². The third-order valence-electron chi connectivity index (χ3n) is 8.74. The van der Waals surface area contributed by atoms with Crippen molar-refractivity contribution in [1.29, 1.82) is 0 Å². The molecule has 41 heavy (non-hydrogen) atoms. The molecular weight excluding hydrogens is 508 g/mol. The lowest BCUT2D eigenvalue weighted by molar-refractivity contribution is -0.0619. The van der Waals surface area contributed by atoms with Crippen molar-refractivity contribution in [2.45, 2.75) is 37.8 Å². The van der Waals surface area contributed by atoms with E-state index in [4.69, 9.17) is 4.74 Å². The van der Waals surface area contributed by atoms with Crippen molar-refractivity contribution in [2.24, 2.45) is 0 Å². The number of rotatable bonds is 4. The Hall–Kier alpha value is -3.63. The molecule has 0 aliphatic carbocycles. The number of carbonyl (C=O) groups is 1. The summed E-state index contributed by atoms with van der Waals surface area (Å²) < 4.78 is 5.63. The minimum atomic E-state index is -0.00221. The second-order valence-corrected chi connectivity index (χ2v) is 11.5. The molecule has 6 heteroatoms. The van der Waals surface area contributed by atoms with E-state index in [0.717, 1.165) is 82.1 Å². The van der Waals surface area contributed by atoms with Gasteiger partial charge in [-0.05, 0) is 68.3 Å². The van der Waals surface area contributed by atoms with Crippen molar-refractivity contribution in [3.8, 4) is 11.8 Å². The zero-order chi connectivity index (χ0) is 28.0. The first-order valence-electron chi connectivity index (χ1n) is 15.0. The predicted molar refractivity (Wildman–Crippen MR) is 164 cm³/mol. The van der Waals surface area contributed by atoms with Crippen molar-refractivity contribution < 1.29 is 9.53 Å². The van der Waals surface area contributed by atoms with Crippen molar-refractivity contribution in [2.75, 3.05) is 57.8 Å². The molecule has 0 aromatic heterocycles. The largest absolute Gasteiger partial charge is 0.379 e. The quantitative estimate of drug-likeness (QED) is 0.456. The molecule has 0 radical (unpaired) electrons. The molecule has 2 amide bonds. The Morgan fingerprint density at radius 3 is 2.27 bits per heavy atom. The number of nitrogens with zero attached hydrogens (tertiary/aromatic N) is 3. The van der Waals surface area contributed by atoms with Gasteiger partial charge in [-0.25, -0.2) is 4.79 Å². The van der Waals surface area contributed by atoms with Gasteiger partial charge in [-0.2, -0.15) is 0 Å². The standard InChI is InChI=1S/C35H40N4O2/c1-27-9-17-31(18-10-27)36-35(40)38-19-5-6-20-39-32(25-37-21-23-41-24-22-37)34(33(39)26-38)30-15-13-29(14-16-30)12-11-28-7-3-2-4-8-28/h2-4,7-10,13-18,32-34H,5-6,19-26H2,1H3,(H,36,40)/t32-,33-,34-/m0/s1. The summed E-state index contributed by atoms with van der Waals surface area (Å²) in [6, 6.07) is 27.7. The molecule has 3 heterocycles. The van der Waals surface area contributed by atoms with Crippen LogP contribution in [0.5, 0.6) is 0 Å². The molecule has 0 unspecified atom stereocenters. The van der Waals surface area contributed by atoms with Gasteiger partial charge in [0.2, 0.25) is 0 Å². The lowest BCUT2D eigenvalue weighted by Crippen LogP contribution is -2.69. The SMILES string of the molecule is Cc1ccc(NC(=O)N2CCCCN3[C@@H](CN4CCOCC4)[C@H](c4ccc(C#Cc5ccccc5)cc4)[C@@H]3C2)cc1. The number of fused-ring (bicyclic) bond motifs is 1. The Morgan fingerprint density at radius 1 is 0.854 bits per heavy atom. The van der Waals surface area contributed by atoms with Gasteiger partial charge in [0.1, 0.15) is 0 Å². The predicted octanol–water partition coefficient (Wildman–Crippen LogP) is 5.19. The van der Waals surface area contributed by atoms with Crippen molar-refractivity contribution in [3.63, 3.8) is 0 Å². The van der Waals surface area contributed by atoms with E-state index in [-0.39, 0.29) is 6.03 Å². The number of nitrogens with one attached hydrogen (secondary N) is 1. The van der Waals surface area contributed by atoms with E-state index in [1.807, 2.05) is 59.5 Å². The number of amides is 2. The Balaban J connectivity index is 1.22. The van der Waals surface area contributed by atoms with E-state index in [1.165, 1.54) is 11.1 Å². The van der Waals surface area contributed by atoms with Crippen molar-refractivity contribution in [1.82, 2.24) is 14.7 Å². The number of carbonyl (C=O) groups excluding carboxylic acids is 1. The van der Waals surface area contributed by atoms with E-state index in [1.54, 1.807) is 0 Å². The summed E-state index contributed by atoms with van der Waals surface area (Å²) in [7, 11) is 0. The monoisotopic (exact) mass is 548 g/mol. The van der Waals surface area contributed by atoms with Gasteiger partial charge in [-0.15, -0.1) is 0 Å². The van der Waals surface area contributed by atoms with Crippen LogP contribution in [0.25, 0.3) is 0 Å². The van der Waals surface area contributed by atoms with Crippen LogP contribution in [0.1, 0.15) is 41.0 Å². The number of hydrogen-bond acceptors (Lipinski definition) is 4. The zero-order valence-corrected chi connectivity index (χ0v) is 24.0. The number of benzene rings is 3. The third kappa shape index (κ3) is 6.65. The van der Waals surface area contributed by atoms with E-state index in [0.29, 0.717) is 18.0 Å². The second-order valence-electron chi connectivity index (χ2n) is 11.5. The Labute approximate surface area is 244 Å². The zero-order valence-electron chi connectivity index (χ0n) is 24.0. The summed E-state index contributed by atoms with van der Waals surface area (Å²) in [6.45, 7) is 9.30. The van der Waals surface area contributed by atoms with Crippen LogP contribution in [0.15, 0.2) is 78.9 Å². The van der Waals surface area contributed by atoms with Gasteiger partial charge in [-0.3, -0.25) is 9.80 Å². The number of hydrogen-bond donors (Lipinski definition) is 1. The van der Waals surface area contributed by atoms with Crippen LogP contribution in [0.3, 0.4) is 0 Å². The van der Waals surface area contributed by atoms with E-state index in [9.17, 15) is 4.79 Å². The van der Waals surface area contributed by atoms with Crippen LogP contribution in [0, 0.1) is 18.8 Å². The normalized spacial score (nSPS) is 23.2. The maximum atomic E-state index is 13.4. The van der Waals surface area contributed by atoms with Gasteiger partial charge in [-0.1, -0.05) is 59.9 Å². The first-order valence-corrected chi connectivity index (χ1v) is 15.0. The van der Waals surface area contributed by atoms with Gasteiger partial charge in [0, 0.05) is 67.5 Å². The molecule has 0 spiro atoms. The first-order chi connectivity index (χ1) is 20.1. The molecular formula is C35H40N4O2. The molecule has 6 nitrogen and oxygen atoms in total. The number of morpholine rings is 1. The Bertz CT molecular complexity index is 1360. The van der Waals surface area contributed by atoms with E-state index in [2.05, 4.69) is 58.1 Å². The summed E-state index contributed by atoms with van der Waals surface area (Å²) in [4.78, 5) is 20.7. The highest BCUT2D eigenvalue weighted by atomic mass is 16.5. The van der Waals surface area contributed by atoms with Gasteiger partial charge in [0.25, 0.3) is 0 Å². The second kappa shape index (κ2) is 12.9. The average Bonchev–Trinajstić information content (AvgIpc) is 2.99. The van der Waals surface area contributed by atoms with Gasteiger partial charge in [0.15, 0.2) is 0 Å². The van der Waals surface area contributed by atoms with Crippen LogP contribution in [0.4, 0.5) is 10.5 Å². The number of urea groups is 1. The molecule has 0 saturated carbocycles. The molecule has 3 atom stereocenters. The smallest absolute Gasteiger partial charge is 0.321 e. The van der Waals surface area contributed by atoms with Gasteiger partial charge >= 0.3 is 6.03 Å². The fourth-order valence-electron chi connectivity index (χ4n) is 6.47. The number of ether oxygens (including phenoxy) is 1. The van der Waals surface area contributed by atoms with Gasteiger partial charge in [0.05, 0.1) is 13.2 Å². The summed E-state index contributed by atoms with van der Waals surface area (Å²) in [5.41, 5.74) is 5.42. The van der Waals surface area contributed by atoms with Gasteiger partial charge < -0.3 is 15.0 Å². The van der Waals surface area contributed by atoms with Crippen LogP contribution in [-0.4, -0.2) is 85.3 Å². The highest BCUT2D eigenvalue weighted by Crippen LogP contribution is 2.42. The lowest BCUT2D eigenvalue weighted by Gasteiger charge is -2.58. The molecule has 3 aliphatic rings. The molecule has 3 aliphatic heterocycles. The fraction of sp³-hybridized carbons (Fsp3) is 0.400. The van der Waals surface area contributed by atoms with Crippen LogP contribution in [-0.2, 0) is 4.74 Å². The maximum absolute atomic E-state index is 13.4. The topological polar surface area (TPSA) is 48.1 Å². The molecule has 6 rings (SSSR count). The lowest BCUT2D eigenvalue weighted by atomic mass is 9.73. The molecule has 3 aromatic rings. The molecule has 1 N–H and O–H groups in total. The van der Waals surface area contributed by atoms with Crippen LogP contribution >= 0.6 is 0 Å². The molecule has 3 saturated heterocycles. The number of anilines is 1. The van der Waals surface area contributed by atoms with Crippen molar-refractivity contribution >= 4 is 11.7 Å². The molecule has 3 fully saturated rings. The van der Waals surface area contributed by atoms with E-state index < -0.39 is 0 Å². The minimum absolute atomic E-state index is 0.00221. The molecule has 3 aromatic carbocycles. The highest BCUT2D eigenvalue weighted by Gasteiger charge is 2.50. The van der Waals surface area contributed by atoms with Crippen LogP contribution < -0.4 is 5.32 Å². The van der Waals surface area contributed by atoms with E-state index >= 15 is 0 Å². The molecule has 0 bridgehead atoms. The average molecular weight is 549 g/mol. The third-order valence-corrected chi connectivity index (χ3v) is 8.74. The Kier molecular flexibility index (Phi) is 8.67. The highest BCUT2D eigenvalue weighted by molar-refractivity contribution is 5.89. The summed E-state index contributed by atoms with van der Waals surface area (Å²) in [5, 5.41) is 3.14. The maximum Gasteiger partial charge on any atom is 0.321 e. The molecule has 212 valence electrons. The summed E-state index contributed by atoms with van der Waals surface area (Å²) in [5.74, 6) is 6.96. The fourth-order valence-corrected chi connectivity index (χ4v) is 6.47.